The van der Waals surface area contributed by atoms with Gasteiger partial charge in [-0.2, -0.15) is 0 Å². The van der Waals surface area contributed by atoms with E-state index in [2.05, 4.69) is 10.2 Å². The predicted molar refractivity (Wildman–Crippen MR) is 123 cm³/mol. The molecule has 7 nitrogen and oxygen atoms in total. The standard InChI is InChI=1S/C25H28N4O3/c1-17-20-6-2-3-7-21(20)28-25(27-17)29-14-11-18(12-15-29)24(30)26-13-10-19-16-31-22-8-4-5-9-23(22)32-19/h2-9,18-19H,10-16H2,1H3,(H,26,30)/t19-/m1/s1. The number of benzene rings is 2. The number of para-hydroxylation sites is 3. The van der Waals surface area contributed by atoms with E-state index in [1.807, 2.05) is 55.5 Å². The first-order valence-corrected chi connectivity index (χ1v) is 11.3. The highest BCUT2D eigenvalue weighted by molar-refractivity contribution is 5.82. The molecule has 1 fully saturated rings. The van der Waals surface area contributed by atoms with Crippen molar-refractivity contribution in [2.24, 2.45) is 5.92 Å². The van der Waals surface area contributed by atoms with E-state index >= 15 is 0 Å². The quantitative estimate of drug-likeness (QED) is 0.665. The van der Waals surface area contributed by atoms with E-state index in [1.54, 1.807) is 0 Å². The molecule has 0 bridgehead atoms. The second-order valence-electron chi connectivity index (χ2n) is 8.46. The van der Waals surface area contributed by atoms with E-state index in [9.17, 15) is 4.79 Å². The van der Waals surface area contributed by atoms with Crippen molar-refractivity contribution >= 4 is 22.8 Å². The summed E-state index contributed by atoms with van der Waals surface area (Å²) in [5.74, 6) is 2.46. The molecule has 7 heteroatoms. The number of anilines is 1. The lowest BCUT2D eigenvalue weighted by Gasteiger charge is -2.32. The number of nitrogens with one attached hydrogen (secondary N) is 1. The molecule has 0 aliphatic carbocycles. The minimum atomic E-state index is -0.0414. The Morgan fingerprint density at radius 2 is 1.81 bits per heavy atom. The molecule has 1 aromatic heterocycles. The third-order valence-corrected chi connectivity index (χ3v) is 6.26. The Hall–Kier alpha value is -3.35. The molecule has 5 rings (SSSR count). The summed E-state index contributed by atoms with van der Waals surface area (Å²) in [6, 6.07) is 15.8. The van der Waals surface area contributed by atoms with Crippen molar-refractivity contribution in [3.05, 3.63) is 54.2 Å². The predicted octanol–water partition coefficient (Wildman–Crippen LogP) is 3.50. The summed E-state index contributed by atoms with van der Waals surface area (Å²) < 4.78 is 11.7. The molecule has 0 unspecified atom stereocenters. The minimum absolute atomic E-state index is 0.0250. The smallest absolute Gasteiger partial charge is 0.226 e. The fraction of sp³-hybridized carbons (Fsp3) is 0.400. The van der Waals surface area contributed by atoms with Crippen LogP contribution in [0.5, 0.6) is 11.5 Å². The lowest BCUT2D eigenvalue weighted by molar-refractivity contribution is -0.125. The first-order chi connectivity index (χ1) is 15.7. The van der Waals surface area contributed by atoms with Gasteiger partial charge in [0.2, 0.25) is 11.9 Å². The van der Waals surface area contributed by atoms with Crippen LogP contribution in [0, 0.1) is 12.8 Å². The van der Waals surface area contributed by atoms with Gasteiger partial charge in [-0.05, 0) is 38.0 Å². The number of hydrogen-bond acceptors (Lipinski definition) is 6. The van der Waals surface area contributed by atoms with E-state index in [0.29, 0.717) is 13.2 Å². The summed E-state index contributed by atoms with van der Waals surface area (Å²) in [5, 5.41) is 4.17. The molecule has 0 radical (unpaired) electrons. The lowest BCUT2D eigenvalue weighted by atomic mass is 9.96. The van der Waals surface area contributed by atoms with Gasteiger partial charge in [0.1, 0.15) is 12.7 Å². The van der Waals surface area contributed by atoms with Gasteiger partial charge in [-0.1, -0.05) is 30.3 Å². The van der Waals surface area contributed by atoms with Crippen LogP contribution < -0.4 is 19.7 Å². The van der Waals surface area contributed by atoms with Gasteiger partial charge in [-0.3, -0.25) is 4.79 Å². The SMILES string of the molecule is Cc1nc(N2CCC(C(=O)NCC[C@@H]3COc4ccccc4O3)CC2)nc2ccccc12. The minimum Gasteiger partial charge on any atom is -0.486 e. The van der Waals surface area contributed by atoms with Crippen LogP contribution in [0.4, 0.5) is 5.95 Å². The monoisotopic (exact) mass is 432 g/mol. The number of aryl methyl sites for hydroxylation is 1. The molecule has 166 valence electrons. The van der Waals surface area contributed by atoms with E-state index < -0.39 is 0 Å². The zero-order valence-electron chi connectivity index (χ0n) is 18.3. The number of aromatic nitrogens is 2. The molecule has 0 spiro atoms. The van der Waals surface area contributed by atoms with E-state index in [-0.39, 0.29) is 17.9 Å². The van der Waals surface area contributed by atoms with Crippen molar-refractivity contribution in [3.8, 4) is 11.5 Å². The fourth-order valence-corrected chi connectivity index (χ4v) is 4.41. The Balaban J connectivity index is 1.10. The summed E-state index contributed by atoms with van der Waals surface area (Å²) in [6.45, 7) is 4.69. The summed E-state index contributed by atoms with van der Waals surface area (Å²) in [4.78, 5) is 24.3. The Kier molecular flexibility index (Phi) is 5.79. The lowest BCUT2D eigenvalue weighted by Crippen LogP contribution is -2.42. The van der Waals surface area contributed by atoms with Gasteiger partial charge in [-0.15, -0.1) is 0 Å². The summed E-state index contributed by atoms with van der Waals surface area (Å²) >= 11 is 0. The number of piperidine rings is 1. The zero-order chi connectivity index (χ0) is 21.9. The zero-order valence-corrected chi connectivity index (χ0v) is 18.3. The molecule has 3 aromatic rings. The maximum absolute atomic E-state index is 12.7. The number of carbonyl (C=O) groups is 1. The molecule has 0 saturated carbocycles. The van der Waals surface area contributed by atoms with Crippen molar-refractivity contribution in [3.63, 3.8) is 0 Å². The number of rotatable bonds is 5. The van der Waals surface area contributed by atoms with Crippen molar-refractivity contribution in [2.75, 3.05) is 31.1 Å². The van der Waals surface area contributed by atoms with E-state index in [4.69, 9.17) is 19.4 Å². The maximum atomic E-state index is 12.7. The summed E-state index contributed by atoms with van der Waals surface area (Å²) in [5.41, 5.74) is 1.95. The molecular formula is C25H28N4O3. The van der Waals surface area contributed by atoms with Crippen LogP contribution in [0.15, 0.2) is 48.5 Å². The second kappa shape index (κ2) is 9.02. The summed E-state index contributed by atoms with van der Waals surface area (Å²) in [6.07, 6.45) is 2.29. The number of hydrogen-bond donors (Lipinski definition) is 1. The normalized spacial score (nSPS) is 18.5. The number of amides is 1. The average molecular weight is 433 g/mol. The molecule has 3 heterocycles. The van der Waals surface area contributed by atoms with Crippen LogP contribution in [0.2, 0.25) is 0 Å². The van der Waals surface area contributed by atoms with Crippen LogP contribution in [0.25, 0.3) is 10.9 Å². The average Bonchev–Trinajstić information content (AvgIpc) is 2.84. The molecule has 1 saturated heterocycles. The molecule has 1 N–H and O–H groups in total. The number of ether oxygens (including phenoxy) is 2. The molecule has 2 aliphatic heterocycles. The largest absolute Gasteiger partial charge is 0.486 e. The van der Waals surface area contributed by atoms with E-state index in [1.165, 1.54) is 0 Å². The van der Waals surface area contributed by atoms with Gasteiger partial charge in [0.25, 0.3) is 0 Å². The van der Waals surface area contributed by atoms with Gasteiger partial charge in [0, 0.05) is 37.4 Å². The topological polar surface area (TPSA) is 76.6 Å². The molecular weight excluding hydrogens is 404 g/mol. The third kappa shape index (κ3) is 4.33. The molecule has 32 heavy (non-hydrogen) atoms. The Morgan fingerprint density at radius 3 is 2.66 bits per heavy atom. The first-order valence-electron chi connectivity index (χ1n) is 11.3. The van der Waals surface area contributed by atoms with Gasteiger partial charge in [-0.25, -0.2) is 9.97 Å². The summed E-state index contributed by atoms with van der Waals surface area (Å²) in [7, 11) is 0. The van der Waals surface area contributed by atoms with Crippen LogP contribution >= 0.6 is 0 Å². The van der Waals surface area contributed by atoms with Crippen molar-refractivity contribution < 1.29 is 14.3 Å². The molecule has 1 amide bonds. The Labute approximate surface area is 187 Å². The van der Waals surface area contributed by atoms with Gasteiger partial charge in [0.15, 0.2) is 11.5 Å². The maximum Gasteiger partial charge on any atom is 0.226 e. The van der Waals surface area contributed by atoms with Gasteiger partial charge >= 0.3 is 0 Å². The van der Waals surface area contributed by atoms with Crippen molar-refractivity contribution in [2.45, 2.75) is 32.3 Å². The number of fused-ring (bicyclic) bond motifs is 2. The highest BCUT2D eigenvalue weighted by Gasteiger charge is 2.27. The second-order valence-corrected chi connectivity index (χ2v) is 8.46. The molecule has 2 aliphatic rings. The Morgan fingerprint density at radius 1 is 1.06 bits per heavy atom. The highest BCUT2D eigenvalue weighted by atomic mass is 16.6. The van der Waals surface area contributed by atoms with Crippen molar-refractivity contribution in [1.82, 2.24) is 15.3 Å². The number of carbonyl (C=O) groups excluding carboxylic acids is 1. The molecule has 1 atom stereocenters. The van der Waals surface area contributed by atoms with Gasteiger partial charge in [0.05, 0.1) is 11.2 Å². The van der Waals surface area contributed by atoms with Crippen molar-refractivity contribution in [1.29, 1.82) is 0 Å². The fourth-order valence-electron chi connectivity index (χ4n) is 4.41. The van der Waals surface area contributed by atoms with Gasteiger partial charge < -0.3 is 19.7 Å². The third-order valence-electron chi connectivity index (χ3n) is 6.26. The first kappa shape index (κ1) is 20.5. The molecule has 2 aromatic carbocycles. The number of nitrogens with zero attached hydrogens (tertiary/aromatic N) is 3. The van der Waals surface area contributed by atoms with Crippen LogP contribution in [0.1, 0.15) is 25.0 Å². The Bertz CT molecular complexity index is 1110. The van der Waals surface area contributed by atoms with Crippen LogP contribution in [-0.2, 0) is 4.79 Å². The van der Waals surface area contributed by atoms with E-state index in [0.717, 1.165) is 66.4 Å². The van der Waals surface area contributed by atoms with Crippen LogP contribution in [-0.4, -0.2) is 48.2 Å². The highest BCUT2D eigenvalue weighted by Crippen LogP contribution is 2.31. The van der Waals surface area contributed by atoms with Crippen LogP contribution in [0.3, 0.4) is 0 Å².